The van der Waals surface area contributed by atoms with E-state index in [0.29, 0.717) is 131 Å². The summed E-state index contributed by atoms with van der Waals surface area (Å²) < 4.78 is 45.2. The zero-order valence-electron chi connectivity index (χ0n) is 74.2. The predicted molar refractivity (Wildman–Crippen MR) is 510 cm³/mol. The fourth-order valence-corrected chi connectivity index (χ4v) is 15.7. The van der Waals surface area contributed by atoms with Crippen molar-refractivity contribution in [1.29, 1.82) is 21.0 Å². The Hall–Kier alpha value is -10.7. The second kappa shape index (κ2) is 53.2. The average Bonchev–Trinajstić information content (AvgIpc) is 0.780. The molecule has 0 atom stereocenters. The fourth-order valence-electron chi connectivity index (χ4n) is 15.7. The van der Waals surface area contributed by atoms with Gasteiger partial charge >= 0.3 is 78.7 Å². The number of nitrogens with zero attached hydrogens (tertiary/aromatic N) is 6. The number of nitrogens with one attached hydrogen (secondary N) is 2. The number of benzene rings is 10. The molecule has 1 heterocycles. The van der Waals surface area contributed by atoms with Crippen molar-refractivity contribution in [3.63, 3.8) is 0 Å². The minimum atomic E-state index is -0.371. The molecule has 127 heavy (non-hydrogen) atoms. The Morgan fingerprint density at radius 1 is 0.346 bits per heavy atom. The molecule has 1 aliphatic carbocycles. The van der Waals surface area contributed by atoms with Crippen LogP contribution in [-0.2, 0) is 49.5 Å². The van der Waals surface area contributed by atoms with E-state index >= 15 is 0 Å². The number of carbonyl (C=O) groups is 2. The van der Waals surface area contributed by atoms with Gasteiger partial charge in [0, 0.05) is 74.6 Å². The van der Waals surface area contributed by atoms with Gasteiger partial charge in [-0.3, -0.25) is 9.59 Å². The Kier molecular flexibility index (Phi) is 41.2. The molecule has 2 amide bonds. The van der Waals surface area contributed by atoms with Crippen molar-refractivity contribution < 1.29 is 94.1 Å². The van der Waals surface area contributed by atoms with Crippen LogP contribution in [0.1, 0.15) is 216 Å². The monoisotopic (exact) mass is 1910 g/mol. The molecule has 17 nitrogen and oxygen atoms in total. The van der Waals surface area contributed by atoms with Crippen LogP contribution in [0.4, 0.5) is 22.7 Å². The fraction of sp³-hybridized carbons (Fsp3) is 0.315. The summed E-state index contributed by atoms with van der Waals surface area (Å²) in [6, 6.07) is 72.6. The van der Waals surface area contributed by atoms with Gasteiger partial charge in [-0.1, -0.05) is 249 Å². The van der Waals surface area contributed by atoms with Crippen LogP contribution < -0.4 is 90.8 Å². The van der Waals surface area contributed by atoms with Gasteiger partial charge in [-0.2, -0.15) is 21.0 Å². The summed E-state index contributed by atoms with van der Waals surface area (Å²) in [4.78, 5) is 33.5. The number of fused-ring (bicyclic) bond motifs is 2. The molecule has 10 bridgehead atoms. The van der Waals surface area contributed by atoms with Gasteiger partial charge in [0.1, 0.15) is 36.2 Å². The third kappa shape index (κ3) is 29.7. The summed E-state index contributed by atoms with van der Waals surface area (Å²) in [6.45, 7) is 15.0. The van der Waals surface area contributed by atoms with E-state index in [2.05, 4.69) is 121 Å². The average molecular weight is 1910 g/mol. The summed E-state index contributed by atoms with van der Waals surface area (Å²) in [5.41, 5.74) is 18.3. The van der Waals surface area contributed by atoms with E-state index in [0.717, 1.165) is 92.9 Å². The molecule has 0 aromatic heterocycles. The van der Waals surface area contributed by atoms with Crippen LogP contribution in [0.15, 0.2) is 194 Å². The number of carbonyl (C=O) groups excluding carboxylic acids is 2. The van der Waals surface area contributed by atoms with Gasteiger partial charge in [0.05, 0.1) is 86.2 Å². The minimum absolute atomic E-state index is 0. The molecular weight excluding hydrogens is 1800 g/mol. The van der Waals surface area contributed by atoms with Gasteiger partial charge in [0.25, 0.3) is 11.8 Å². The molecule has 0 spiro atoms. The Morgan fingerprint density at radius 2 is 0.598 bits per heavy atom. The van der Waals surface area contributed by atoms with Crippen LogP contribution in [0.3, 0.4) is 0 Å². The maximum Gasteiger partial charge on any atom is 2.00 e. The number of unbranched alkanes of at least 4 members (excludes halogenated alkanes) is 8. The summed E-state index contributed by atoms with van der Waals surface area (Å²) in [7, 11) is 0. The minimum Gasteiger partial charge on any atom is -0.491 e. The second-order valence-electron chi connectivity index (χ2n) is 31.6. The molecular formula is C108H114KN8O9Pb+3. The molecule has 2 N–H and O–H groups in total. The topological polar surface area (TPSA) is 224 Å². The van der Waals surface area contributed by atoms with E-state index in [1.165, 1.54) is 88.4 Å². The van der Waals surface area contributed by atoms with E-state index in [1.807, 2.05) is 170 Å². The van der Waals surface area contributed by atoms with Crippen LogP contribution in [0.2, 0.25) is 0 Å². The van der Waals surface area contributed by atoms with Crippen molar-refractivity contribution in [3.05, 3.63) is 305 Å². The van der Waals surface area contributed by atoms with E-state index in [9.17, 15) is 30.6 Å². The zero-order chi connectivity index (χ0) is 87.2. The maximum absolute atomic E-state index is 14.2. The summed E-state index contributed by atoms with van der Waals surface area (Å²) in [5.74, 6) is 1.67. The smallest absolute Gasteiger partial charge is 0.491 e. The number of hydrogen-bond donors (Lipinski definition) is 2. The van der Waals surface area contributed by atoms with Crippen LogP contribution >= 0.6 is 0 Å². The Labute approximate surface area is 813 Å². The first kappa shape index (κ1) is 98.5. The van der Waals surface area contributed by atoms with Crippen molar-refractivity contribution in [2.24, 2.45) is 0 Å². The number of para-hydroxylation sites is 4. The number of rotatable bonds is 34. The first-order valence-corrected chi connectivity index (χ1v) is 44.3. The quantitative estimate of drug-likeness (QED) is 0.0217. The summed E-state index contributed by atoms with van der Waals surface area (Å²) >= 11 is 0. The van der Waals surface area contributed by atoms with Crippen molar-refractivity contribution in [3.8, 4) is 47.3 Å². The molecule has 2 aliphatic rings. The number of nitriles is 4. The van der Waals surface area contributed by atoms with Crippen LogP contribution in [0.25, 0.3) is 48.6 Å². The summed E-state index contributed by atoms with van der Waals surface area (Å²) in [5, 5.41) is 47.5. The number of amides is 2. The van der Waals surface area contributed by atoms with E-state index in [4.69, 9.17) is 33.2 Å². The second-order valence-corrected chi connectivity index (χ2v) is 31.6. The Bertz CT molecular complexity index is 5120. The van der Waals surface area contributed by atoms with E-state index in [-0.39, 0.29) is 130 Å². The van der Waals surface area contributed by atoms with Gasteiger partial charge < -0.3 is 53.6 Å². The van der Waals surface area contributed by atoms with Crippen molar-refractivity contribution in [2.75, 3.05) is 113 Å². The largest absolute Gasteiger partial charge is 2.00 e. The molecule has 1 aliphatic heterocycles. The van der Waals surface area contributed by atoms with Crippen molar-refractivity contribution in [2.45, 2.75) is 130 Å². The van der Waals surface area contributed by atoms with Crippen LogP contribution in [-0.4, -0.2) is 131 Å². The molecule has 0 fully saturated rings. The molecule has 0 saturated carbocycles. The number of anilines is 4. The Balaban J connectivity index is 0.00000841. The molecule has 2 radical (unpaired) electrons. The molecule has 0 saturated heterocycles. The first-order chi connectivity index (χ1) is 61.4. The SMILES string of the molecule is CCCCCN(CCCCC)c1ccc(/C=C/c2cc(C#N)c(/C=C/c3ccc(NC(=O)COc4c5cccc4Cc4cccc6c4OCCOCCOCCOCCOc4c(cccc4Cc4cccc(c4OCC(=O)Nc4ccc(/C=C/c7cc(C#N)c(/C=C/c8ccc(N(CCCCC)CCCCC)cc8)cc7C#N)cc4)C6)C5)cc3)cc2C#N)cc1.[K+].[Pb+2]. The van der Waals surface area contributed by atoms with Crippen LogP contribution in [0.5, 0.6) is 23.0 Å². The number of hydrogen-bond acceptors (Lipinski definition) is 15. The maximum atomic E-state index is 14.2. The molecule has 10 aromatic rings. The normalized spacial score (nSPS) is 12.9. The molecule has 642 valence electrons. The van der Waals surface area contributed by atoms with Gasteiger partial charge in [0.15, 0.2) is 13.2 Å². The standard InChI is InChI=1S/C108H114N8O9.K.Pb/c1-5-9-13-53-115(54-14-10-6-2)101-49-37-81(38-50-101)31-43-85-67-95(73-109)83(65-97(85)75-111)41-29-79-33-45-99(46-34-79)113-103(117)77-124-107-91-25-19-26-92(107)70-88-22-18-24-90-72-94-28-20-27-93(71-89-23-17-21-87(69-91)105(89)122-63-61-120-59-57-119-58-60-121-62-64-123-106(88)90)108(94)125-78-104(118)114-100-47-35-80(36-48-100)30-42-84-66-98(76-112)86(68-96(84)74-110)44-32-82-39-51-102(52-40-82)116(55-15-11-7-3)56-16-12-8-4;;/h17-52,65-68H,5-16,53-64,69-72,77-78H2,1-4H3,(H,113,117)(H,114,118);;/q;+1;+2/b41-29+,42-30+,43-31+,44-32+;;. The van der Waals surface area contributed by atoms with E-state index < -0.39 is 0 Å². The molecule has 0 unspecified atom stereocenters. The molecule has 12 rings (SSSR count). The third-order valence-corrected chi connectivity index (χ3v) is 22.4. The van der Waals surface area contributed by atoms with Gasteiger partial charge in [-0.25, -0.2) is 0 Å². The molecule has 19 heteroatoms. The van der Waals surface area contributed by atoms with E-state index in [1.54, 1.807) is 24.3 Å². The third-order valence-electron chi connectivity index (χ3n) is 22.4. The van der Waals surface area contributed by atoms with Crippen molar-refractivity contribution >= 4 is 110 Å². The Morgan fingerprint density at radius 3 is 0.858 bits per heavy atom. The number of ether oxygens (including phenoxy) is 7. The van der Waals surface area contributed by atoms with Crippen LogP contribution in [0, 0.1) is 45.3 Å². The predicted octanol–water partition coefficient (Wildman–Crippen LogP) is 19.4. The van der Waals surface area contributed by atoms with Gasteiger partial charge in [-0.15, -0.1) is 0 Å². The zero-order valence-corrected chi connectivity index (χ0v) is 81.2. The van der Waals surface area contributed by atoms with Gasteiger partial charge in [-0.05, 0) is 187 Å². The first-order valence-electron chi connectivity index (χ1n) is 44.3. The summed E-state index contributed by atoms with van der Waals surface area (Å²) in [6.07, 6.45) is 30.9. The van der Waals surface area contributed by atoms with Crippen molar-refractivity contribution in [1.82, 2.24) is 0 Å². The van der Waals surface area contributed by atoms with Gasteiger partial charge in [0.2, 0.25) is 0 Å². The molecule has 10 aromatic carbocycles.